The molecule has 86 valence electrons. The van der Waals surface area contributed by atoms with Crippen LogP contribution in [-0.4, -0.2) is 18.7 Å². The van der Waals surface area contributed by atoms with Gasteiger partial charge >= 0.3 is 0 Å². The van der Waals surface area contributed by atoms with Crippen LogP contribution >= 0.6 is 11.6 Å². The highest BCUT2D eigenvalue weighted by atomic mass is 35.5. The van der Waals surface area contributed by atoms with E-state index in [0.29, 0.717) is 11.6 Å². The fraction of sp³-hybridized carbons (Fsp3) is 0.273. The minimum absolute atomic E-state index is 0.203. The lowest BCUT2D eigenvalue weighted by Gasteiger charge is -2.05. The molecule has 0 aliphatic heterocycles. The van der Waals surface area contributed by atoms with Crippen molar-refractivity contribution in [2.75, 3.05) is 6.54 Å². The number of nitrogens with zero attached hydrogens (tertiary/aromatic N) is 1. The van der Waals surface area contributed by atoms with Gasteiger partial charge in [0.2, 0.25) is 5.91 Å². The Kier molecular flexibility index (Phi) is 4.95. The summed E-state index contributed by atoms with van der Waals surface area (Å²) in [5.74, 6) is -0.450. The molecule has 0 aliphatic carbocycles. The number of carbonyl (C=O) groups is 1. The second kappa shape index (κ2) is 6.25. The predicted molar refractivity (Wildman–Crippen MR) is 65.4 cm³/mol. The van der Waals surface area contributed by atoms with Gasteiger partial charge in [-0.15, -0.1) is 0 Å². The number of hydrogen-bond donors (Lipinski definition) is 2. The van der Waals surface area contributed by atoms with Crippen LogP contribution in [0.1, 0.15) is 12.5 Å². The van der Waals surface area contributed by atoms with Crippen LogP contribution in [0.5, 0.6) is 0 Å². The largest absolute Gasteiger partial charge is 0.330 e. The molecule has 0 saturated carbocycles. The van der Waals surface area contributed by atoms with E-state index in [-0.39, 0.29) is 11.8 Å². The molecular weight excluding hydrogens is 226 g/mol. The standard InChI is InChI=1S/C11H14ClN3O/c1-8(6-13)11(16)15-14-7-9-4-2-3-5-10(9)12/h2-5,7-8H,6,13H2,1H3,(H,15,16)/b14-7+. The average molecular weight is 240 g/mol. The van der Waals surface area contributed by atoms with E-state index < -0.39 is 0 Å². The van der Waals surface area contributed by atoms with E-state index in [9.17, 15) is 4.79 Å². The van der Waals surface area contributed by atoms with Crippen molar-refractivity contribution in [3.8, 4) is 0 Å². The van der Waals surface area contributed by atoms with Crippen LogP contribution in [0.4, 0.5) is 0 Å². The third-order valence-electron chi connectivity index (χ3n) is 2.08. The lowest BCUT2D eigenvalue weighted by molar-refractivity contribution is -0.124. The van der Waals surface area contributed by atoms with E-state index in [1.54, 1.807) is 13.0 Å². The maximum atomic E-state index is 11.3. The monoisotopic (exact) mass is 239 g/mol. The Balaban J connectivity index is 2.56. The Morgan fingerprint density at radius 3 is 2.94 bits per heavy atom. The van der Waals surface area contributed by atoms with Gasteiger partial charge in [0.1, 0.15) is 0 Å². The molecule has 1 atom stereocenters. The molecule has 5 heteroatoms. The summed E-state index contributed by atoms with van der Waals surface area (Å²) in [6, 6.07) is 7.24. The minimum Gasteiger partial charge on any atom is -0.330 e. The van der Waals surface area contributed by atoms with E-state index in [2.05, 4.69) is 10.5 Å². The maximum absolute atomic E-state index is 11.3. The third kappa shape index (κ3) is 3.64. The number of carbonyl (C=O) groups excluding carboxylic acids is 1. The summed E-state index contributed by atoms with van der Waals surface area (Å²) in [5, 5.41) is 4.40. The Bertz CT molecular complexity index is 393. The molecule has 16 heavy (non-hydrogen) atoms. The molecule has 4 nitrogen and oxygen atoms in total. The number of halogens is 1. The molecule has 1 amide bonds. The number of amides is 1. The summed E-state index contributed by atoms with van der Waals surface area (Å²) in [6.45, 7) is 2.04. The summed E-state index contributed by atoms with van der Waals surface area (Å²) in [6.07, 6.45) is 1.50. The zero-order valence-corrected chi connectivity index (χ0v) is 9.74. The van der Waals surface area contributed by atoms with Gasteiger partial charge in [0, 0.05) is 23.0 Å². The second-order valence-corrected chi connectivity index (χ2v) is 3.80. The molecule has 0 heterocycles. The van der Waals surface area contributed by atoms with Gasteiger partial charge in [-0.25, -0.2) is 5.43 Å². The molecular formula is C11H14ClN3O. The quantitative estimate of drug-likeness (QED) is 0.616. The summed E-state index contributed by atoms with van der Waals surface area (Å²) in [5.41, 5.74) is 8.50. The Hall–Kier alpha value is -1.39. The van der Waals surface area contributed by atoms with E-state index in [0.717, 1.165) is 5.56 Å². The van der Waals surface area contributed by atoms with Crippen LogP contribution in [0.25, 0.3) is 0 Å². The van der Waals surface area contributed by atoms with Gasteiger partial charge in [-0.3, -0.25) is 4.79 Å². The normalized spacial score (nSPS) is 12.7. The molecule has 3 N–H and O–H groups in total. The molecule has 0 bridgehead atoms. The van der Waals surface area contributed by atoms with Crippen molar-refractivity contribution in [1.82, 2.24) is 5.43 Å². The summed E-state index contributed by atoms with van der Waals surface area (Å²) < 4.78 is 0. The lowest BCUT2D eigenvalue weighted by atomic mass is 10.2. The van der Waals surface area contributed by atoms with Gasteiger partial charge in [0.05, 0.1) is 6.21 Å². The van der Waals surface area contributed by atoms with E-state index in [4.69, 9.17) is 17.3 Å². The molecule has 0 aliphatic rings. The first kappa shape index (κ1) is 12.7. The van der Waals surface area contributed by atoms with Crippen molar-refractivity contribution in [2.24, 2.45) is 16.8 Å². The number of benzene rings is 1. The molecule has 1 unspecified atom stereocenters. The van der Waals surface area contributed by atoms with E-state index in [1.165, 1.54) is 6.21 Å². The van der Waals surface area contributed by atoms with Gasteiger partial charge in [0.25, 0.3) is 0 Å². The van der Waals surface area contributed by atoms with Crippen molar-refractivity contribution < 1.29 is 4.79 Å². The molecule has 1 aromatic carbocycles. The van der Waals surface area contributed by atoms with Gasteiger partial charge in [0.15, 0.2) is 0 Å². The van der Waals surface area contributed by atoms with Crippen molar-refractivity contribution in [3.63, 3.8) is 0 Å². The van der Waals surface area contributed by atoms with Crippen molar-refractivity contribution in [3.05, 3.63) is 34.9 Å². The first-order chi connectivity index (χ1) is 7.65. The van der Waals surface area contributed by atoms with Crippen molar-refractivity contribution >= 4 is 23.7 Å². The minimum atomic E-state index is -0.247. The molecule has 0 aromatic heterocycles. The number of hydrazone groups is 1. The van der Waals surface area contributed by atoms with E-state index >= 15 is 0 Å². The fourth-order valence-electron chi connectivity index (χ4n) is 0.962. The highest BCUT2D eigenvalue weighted by Crippen LogP contribution is 2.11. The Morgan fingerprint density at radius 2 is 2.31 bits per heavy atom. The predicted octanol–water partition coefficient (Wildman–Crippen LogP) is 1.38. The zero-order chi connectivity index (χ0) is 12.0. The van der Waals surface area contributed by atoms with Crippen molar-refractivity contribution in [2.45, 2.75) is 6.92 Å². The van der Waals surface area contributed by atoms with Crippen LogP contribution in [0.3, 0.4) is 0 Å². The maximum Gasteiger partial charge on any atom is 0.244 e. The van der Waals surface area contributed by atoms with Gasteiger partial charge in [-0.05, 0) is 6.07 Å². The molecule has 0 fully saturated rings. The summed E-state index contributed by atoms with van der Waals surface area (Å²) in [7, 11) is 0. The van der Waals surface area contributed by atoms with Crippen LogP contribution in [0.15, 0.2) is 29.4 Å². The topological polar surface area (TPSA) is 67.5 Å². The van der Waals surface area contributed by atoms with Crippen LogP contribution < -0.4 is 11.2 Å². The third-order valence-corrected chi connectivity index (χ3v) is 2.43. The van der Waals surface area contributed by atoms with Gasteiger partial charge < -0.3 is 5.73 Å². The summed E-state index contributed by atoms with van der Waals surface area (Å²) in [4.78, 5) is 11.3. The lowest BCUT2D eigenvalue weighted by Crippen LogP contribution is -2.30. The highest BCUT2D eigenvalue weighted by molar-refractivity contribution is 6.33. The Labute approximate surface area is 99.5 Å². The first-order valence-electron chi connectivity index (χ1n) is 4.92. The van der Waals surface area contributed by atoms with Gasteiger partial charge in [-0.1, -0.05) is 36.7 Å². The van der Waals surface area contributed by atoms with E-state index in [1.807, 2.05) is 18.2 Å². The fourth-order valence-corrected chi connectivity index (χ4v) is 1.15. The number of rotatable bonds is 4. The highest BCUT2D eigenvalue weighted by Gasteiger charge is 2.08. The molecule has 1 aromatic rings. The molecule has 0 radical (unpaired) electrons. The van der Waals surface area contributed by atoms with Crippen molar-refractivity contribution in [1.29, 1.82) is 0 Å². The molecule has 1 rings (SSSR count). The Morgan fingerprint density at radius 1 is 1.62 bits per heavy atom. The van der Waals surface area contributed by atoms with Crippen LogP contribution in [0.2, 0.25) is 5.02 Å². The SMILES string of the molecule is CC(CN)C(=O)N/N=C/c1ccccc1Cl. The number of nitrogens with one attached hydrogen (secondary N) is 1. The van der Waals surface area contributed by atoms with Gasteiger partial charge in [-0.2, -0.15) is 5.10 Å². The van der Waals surface area contributed by atoms with Crippen LogP contribution in [-0.2, 0) is 4.79 Å². The first-order valence-corrected chi connectivity index (χ1v) is 5.30. The average Bonchev–Trinajstić information content (AvgIpc) is 2.30. The smallest absolute Gasteiger partial charge is 0.244 e. The number of nitrogens with two attached hydrogens (primary N) is 1. The number of hydrogen-bond acceptors (Lipinski definition) is 3. The molecule has 0 spiro atoms. The van der Waals surface area contributed by atoms with Crippen LogP contribution in [0, 0.1) is 5.92 Å². The second-order valence-electron chi connectivity index (χ2n) is 3.39. The molecule has 0 saturated heterocycles. The summed E-state index contributed by atoms with van der Waals surface area (Å²) >= 11 is 5.91. The zero-order valence-electron chi connectivity index (χ0n) is 8.98.